The van der Waals surface area contributed by atoms with Gasteiger partial charge in [0.2, 0.25) is 6.41 Å². The van der Waals surface area contributed by atoms with Gasteiger partial charge in [0.25, 0.3) is 5.91 Å². The van der Waals surface area contributed by atoms with Crippen LogP contribution in [0.2, 0.25) is 0 Å². The van der Waals surface area contributed by atoms with E-state index < -0.39 is 5.91 Å². The van der Waals surface area contributed by atoms with Gasteiger partial charge in [-0.3, -0.25) is 14.5 Å². The van der Waals surface area contributed by atoms with E-state index in [1.165, 1.54) is 7.11 Å². The summed E-state index contributed by atoms with van der Waals surface area (Å²) in [6, 6.07) is 11.1. The average molecular weight is 466 g/mol. The maximum Gasteiger partial charge on any atom is 0.262 e. The number of rotatable bonds is 10. The molecule has 0 aliphatic carbocycles. The van der Waals surface area contributed by atoms with Crippen LogP contribution in [0.5, 0.6) is 11.5 Å². The highest BCUT2D eigenvalue weighted by Gasteiger charge is 2.26. The highest BCUT2D eigenvalue weighted by Crippen LogP contribution is 2.31. The van der Waals surface area contributed by atoms with Gasteiger partial charge >= 0.3 is 0 Å². The van der Waals surface area contributed by atoms with E-state index in [1.54, 1.807) is 31.4 Å². The van der Waals surface area contributed by atoms with E-state index in [1.807, 2.05) is 19.2 Å². The van der Waals surface area contributed by atoms with E-state index in [2.05, 4.69) is 16.1 Å². The van der Waals surface area contributed by atoms with Crippen molar-refractivity contribution in [3.8, 4) is 23.8 Å². The molecule has 1 N–H and O–H groups in total. The monoisotopic (exact) mass is 465 g/mol. The number of ether oxygens (including phenoxy) is 3. The number of benzene rings is 2. The maximum atomic E-state index is 13.6. The lowest BCUT2D eigenvalue weighted by Gasteiger charge is -2.34. The first-order chi connectivity index (χ1) is 16.5. The van der Waals surface area contributed by atoms with E-state index in [4.69, 9.17) is 20.6 Å². The number of terminal acetylenes is 1. The highest BCUT2D eigenvalue weighted by molar-refractivity contribution is 6.05. The fraction of sp³-hybridized carbons (Fsp3) is 0.385. The molecule has 1 aliphatic heterocycles. The molecule has 180 valence electrons. The predicted octanol–water partition coefficient (Wildman–Crippen LogP) is 3.16. The summed E-state index contributed by atoms with van der Waals surface area (Å²) in [6.45, 7) is 1.77. The molecule has 1 heterocycles. The van der Waals surface area contributed by atoms with E-state index in [0.717, 1.165) is 29.0 Å². The van der Waals surface area contributed by atoms with Gasteiger partial charge in [-0.25, -0.2) is 0 Å². The molecule has 2 aromatic rings. The minimum Gasteiger partial charge on any atom is -0.493 e. The number of nitrogens with one attached hydrogen (secondary N) is 1. The largest absolute Gasteiger partial charge is 0.493 e. The number of anilines is 2. The Hall–Kier alpha value is -3.70. The van der Waals surface area contributed by atoms with E-state index >= 15 is 0 Å². The summed E-state index contributed by atoms with van der Waals surface area (Å²) >= 11 is 0. The number of nitrogens with zero attached hydrogens (tertiary/aromatic N) is 2. The smallest absolute Gasteiger partial charge is 0.262 e. The Balaban J connectivity index is 1.93. The van der Waals surface area contributed by atoms with Crippen LogP contribution in [0.1, 0.15) is 28.8 Å². The third-order valence-corrected chi connectivity index (χ3v) is 5.93. The van der Waals surface area contributed by atoms with E-state index in [0.29, 0.717) is 48.9 Å². The van der Waals surface area contributed by atoms with Crippen LogP contribution >= 0.6 is 0 Å². The standard InChI is InChI=1S/C26H31N3O5/c1-5-12-27-20-7-8-23(28(2)21-10-13-34-14-11-21)22(16-20)26(31)29(18-30)17-19-6-9-24(32-3)25(15-19)33-4/h1,6-9,15-16,18,21,27H,10-14,17H2,2-4H3. The number of carbonyl (C=O) groups excluding carboxylic acids is 2. The molecule has 0 saturated carbocycles. The van der Waals surface area contributed by atoms with Crippen molar-refractivity contribution >= 4 is 23.7 Å². The molecule has 0 radical (unpaired) electrons. The Labute approximate surface area is 200 Å². The molecule has 2 aromatic carbocycles. The predicted molar refractivity (Wildman–Crippen MR) is 131 cm³/mol. The minimum atomic E-state index is -0.400. The zero-order chi connectivity index (χ0) is 24.5. The van der Waals surface area contributed by atoms with Gasteiger partial charge in [-0.2, -0.15) is 0 Å². The molecule has 0 unspecified atom stereocenters. The zero-order valence-electron chi connectivity index (χ0n) is 19.9. The summed E-state index contributed by atoms with van der Waals surface area (Å²) in [6.07, 6.45) is 7.66. The first-order valence-electron chi connectivity index (χ1n) is 11.1. The topological polar surface area (TPSA) is 80.3 Å². The van der Waals surface area contributed by atoms with Crippen LogP contribution in [0.15, 0.2) is 36.4 Å². The molecule has 1 aliphatic rings. The molecule has 0 aromatic heterocycles. The number of carbonyl (C=O) groups is 2. The Morgan fingerprint density at radius 3 is 2.56 bits per heavy atom. The molecule has 3 rings (SSSR count). The summed E-state index contributed by atoms with van der Waals surface area (Å²) in [7, 11) is 5.06. The Bertz CT molecular complexity index is 1040. The molecular weight excluding hydrogens is 434 g/mol. The highest BCUT2D eigenvalue weighted by atomic mass is 16.5. The van der Waals surface area contributed by atoms with Crippen LogP contribution < -0.4 is 19.7 Å². The number of methoxy groups -OCH3 is 2. The molecule has 8 heteroatoms. The summed E-state index contributed by atoms with van der Waals surface area (Å²) in [5.74, 6) is 3.23. The van der Waals surface area contributed by atoms with Crippen LogP contribution in [0.4, 0.5) is 11.4 Å². The molecule has 0 spiro atoms. The second kappa shape index (κ2) is 12.0. The van der Waals surface area contributed by atoms with Crippen molar-refractivity contribution in [3.63, 3.8) is 0 Å². The summed E-state index contributed by atoms with van der Waals surface area (Å²) < 4.78 is 16.1. The van der Waals surface area contributed by atoms with Crippen LogP contribution in [0.25, 0.3) is 0 Å². The first-order valence-corrected chi connectivity index (χ1v) is 11.1. The number of imide groups is 1. The van der Waals surface area contributed by atoms with Crippen LogP contribution in [-0.4, -0.2) is 64.3 Å². The number of hydrogen-bond acceptors (Lipinski definition) is 7. The fourth-order valence-corrected chi connectivity index (χ4v) is 4.03. The van der Waals surface area contributed by atoms with Crippen molar-refractivity contribution in [2.45, 2.75) is 25.4 Å². The Morgan fingerprint density at radius 1 is 1.18 bits per heavy atom. The second-order valence-electron chi connectivity index (χ2n) is 7.97. The molecule has 8 nitrogen and oxygen atoms in total. The Kier molecular flexibility index (Phi) is 8.77. The molecule has 0 bridgehead atoms. The summed E-state index contributed by atoms with van der Waals surface area (Å²) in [5, 5.41) is 3.11. The van der Waals surface area contributed by atoms with Crippen molar-refractivity contribution < 1.29 is 23.8 Å². The van der Waals surface area contributed by atoms with Gasteiger partial charge in [0.05, 0.1) is 32.9 Å². The third kappa shape index (κ3) is 5.80. The van der Waals surface area contributed by atoms with Gasteiger partial charge in [-0.15, -0.1) is 6.42 Å². The van der Waals surface area contributed by atoms with E-state index in [9.17, 15) is 9.59 Å². The van der Waals surface area contributed by atoms with Gasteiger partial charge < -0.3 is 24.4 Å². The van der Waals surface area contributed by atoms with Gasteiger partial charge in [-0.05, 0) is 48.7 Å². The SMILES string of the molecule is C#CCNc1ccc(N(C)C2CCOCC2)c(C(=O)N(C=O)Cc2ccc(OC)c(OC)c2)c1. The third-order valence-electron chi connectivity index (χ3n) is 5.93. The van der Waals surface area contributed by atoms with Gasteiger partial charge in [0.1, 0.15) is 0 Å². The lowest BCUT2D eigenvalue weighted by atomic mass is 10.0. The normalized spacial score (nSPS) is 13.5. The Morgan fingerprint density at radius 2 is 1.91 bits per heavy atom. The number of amides is 2. The number of hydrogen-bond donors (Lipinski definition) is 1. The van der Waals surface area contributed by atoms with Crippen molar-refractivity contribution in [2.75, 3.05) is 51.2 Å². The first kappa shape index (κ1) is 24.9. The average Bonchev–Trinajstić information content (AvgIpc) is 2.89. The lowest BCUT2D eigenvalue weighted by molar-refractivity contribution is -0.116. The van der Waals surface area contributed by atoms with Crippen LogP contribution in [0.3, 0.4) is 0 Å². The molecule has 1 fully saturated rings. The zero-order valence-corrected chi connectivity index (χ0v) is 19.9. The van der Waals surface area contributed by atoms with Crippen molar-refractivity contribution in [1.29, 1.82) is 0 Å². The van der Waals surface area contributed by atoms with Crippen LogP contribution in [0, 0.1) is 12.3 Å². The molecule has 2 amide bonds. The fourth-order valence-electron chi connectivity index (χ4n) is 4.03. The molecular formula is C26H31N3O5. The maximum absolute atomic E-state index is 13.6. The lowest BCUT2D eigenvalue weighted by Crippen LogP contribution is -2.38. The van der Waals surface area contributed by atoms with Crippen LogP contribution in [-0.2, 0) is 16.1 Å². The van der Waals surface area contributed by atoms with Gasteiger partial charge in [0.15, 0.2) is 11.5 Å². The van der Waals surface area contributed by atoms with Gasteiger partial charge in [0, 0.05) is 37.7 Å². The summed E-state index contributed by atoms with van der Waals surface area (Å²) in [5.41, 5.74) is 2.62. The van der Waals surface area contributed by atoms with Crippen molar-refractivity contribution in [2.24, 2.45) is 0 Å². The quantitative estimate of drug-likeness (QED) is 0.426. The van der Waals surface area contributed by atoms with Gasteiger partial charge in [-0.1, -0.05) is 12.0 Å². The molecule has 34 heavy (non-hydrogen) atoms. The second-order valence-corrected chi connectivity index (χ2v) is 7.97. The van der Waals surface area contributed by atoms with E-state index in [-0.39, 0.29) is 12.6 Å². The summed E-state index contributed by atoms with van der Waals surface area (Å²) in [4.78, 5) is 28.9. The van der Waals surface area contributed by atoms with Crippen molar-refractivity contribution in [3.05, 3.63) is 47.5 Å². The van der Waals surface area contributed by atoms with Crippen molar-refractivity contribution in [1.82, 2.24) is 4.90 Å². The minimum absolute atomic E-state index is 0.0884. The molecule has 1 saturated heterocycles. The molecule has 0 atom stereocenters.